The monoisotopic (exact) mass is 440 g/mol. The molecule has 0 spiro atoms. The molecular formula is C20H23F3N4O4. The number of aromatic nitrogens is 2. The summed E-state index contributed by atoms with van der Waals surface area (Å²) in [5, 5.41) is 6.16. The van der Waals surface area contributed by atoms with Crippen molar-refractivity contribution in [1.29, 1.82) is 0 Å². The van der Waals surface area contributed by atoms with Gasteiger partial charge in [-0.2, -0.15) is 13.9 Å². The number of hydrogen-bond acceptors (Lipinski definition) is 5. The van der Waals surface area contributed by atoms with Crippen LogP contribution in [0.4, 0.5) is 18.9 Å². The number of halogens is 3. The zero-order valence-electron chi connectivity index (χ0n) is 17.3. The molecule has 2 aromatic rings. The second kappa shape index (κ2) is 9.27. The molecule has 168 valence electrons. The van der Waals surface area contributed by atoms with Gasteiger partial charge >= 0.3 is 6.55 Å². The highest BCUT2D eigenvalue weighted by Gasteiger charge is 2.26. The Morgan fingerprint density at radius 2 is 1.84 bits per heavy atom. The third kappa shape index (κ3) is 4.75. The number of alkyl halides is 3. The summed E-state index contributed by atoms with van der Waals surface area (Å²) in [5.74, 6) is -0.759. The van der Waals surface area contributed by atoms with Gasteiger partial charge < -0.3 is 19.7 Å². The highest BCUT2D eigenvalue weighted by molar-refractivity contribution is 6.05. The number of hydrogen-bond donors (Lipinski definition) is 1. The van der Waals surface area contributed by atoms with Gasteiger partial charge in [-0.3, -0.25) is 9.59 Å². The molecule has 1 fully saturated rings. The summed E-state index contributed by atoms with van der Waals surface area (Å²) in [5.41, 5.74) is 0.213. The summed E-state index contributed by atoms with van der Waals surface area (Å²) >= 11 is 0. The first kappa shape index (κ1) is 22.4. The number of anilines is 1. The van der Waals surface area contributed by atoms with E-state index in [0.29, 0.717) is 4.68 Å². The van der Waals surface area contributed by atoms with Gasteiger partial charge in [0.1, 0.15) is 6.17 Å². The summed E-state index contributed by atoms with van der Waals surface area (Å²) in [6.07, 6.45) is -0.412. The molecule has 0 bridgehead atoms. The molecule has 3 rings (SSSR count). The number of likely N-dealkylation sites (tertiary alicyclic amines) is 1. The lowest BCUT2D eigenvalue weighted by Crippen LogP contribution is -2.39. The van der Waals surface area contributed by atoms with Crippen molar-refractivity contribution in [2.24, 2.45) is 0 Å². The van der Waals surface area contributed by atoms with Gasteiger partial charge in [0.05, 0.1) is 19.9 Å². The fourth-order valence-electron chi connectivity index (χ4n) is 3.40. The van der Waals surface area contributed by atoms with E-state index in [1.807, 2.05) is 0 Å². The van der Waals surface area contributed by atoms with Gasteiger partial charge in [0.15, 0.2) is 17.2 Å². The fourth-order valence-corrected chi connectivity index (χ4v) is 3.40. The minimum Gasteiger partial charge on any atom is -0.493 e. The highest BCUT2D eigenvalue weighted by Crippen LogP contribution is 2.37. The van der Waals surface area contributed by atoms with Crippen LogP contribution in [0.25, 0.3) is 0 Å². The number of nitrogens with zero attached hydrogens (tertiary/aromatic N) is 3. The van der Waals surface area contributed by atoms with Crippen LogP contribution in [0.1, 0.15) is 45.9 Å². The number of ether oxygens (including phenoxy) is 2. The number of methoxy groups -OCH3 is 2. The van der Waals surface area contributed by atoms with Crippen molar-refractivity contribution in [3.8, 4) is 11.5 Å². The SMILES string of the molecule is COc1cc(C(=O)N2CCC(F)CC2)cc(NC(=O)c2cc(C)n(C(F)F)n2)c1OC. The molecule has 0 atom stereocenters. The lowest BCUT2D eigenvalue weighted by Gasteiger charge is -2.29. The van der Waals surface area contributed by atoms with Crippen molar-refractivity contribution in [2.75, 3.05) is 32.6 Å². The van der Waals surface area contributed by atoms with Crippen molar-refractivity contribution < 1.29 is 32.2 Å². The molecule has 1 N–H and O–H groups in total. The van der Waals surface area contributed by atoms with Crippen molar-refractivity contribution in [3.63, 3.8) is 0 Å². The largest absolute Gasteiger partial charge is 0.493 e. The van der Waals surface area contributed by atoms with E-state index in [0.717, 1.165) is 0 Å². The average Bonchev–Trinajstić information content (AvgIpc) is 3.15. The topological polar surface area (TPSA) is 85.7 Å². The van der Waals surface area contributed by atoms with Crippen LogP contribution in [0.15, 0.2) is 18.2 Å². The van der Waals surface area contributed by atoms with Crippen LogP contribution >= 0.6 is 0 Å². The molecule has 0 saturated carbocycles. The summed E-state index contributed by atoms with van der Waals surface area (Å²) < 4.78 is 50.4. The Kier molecular flexibility index (Phi) is 6.71. The zero-order chi connectivity index (χ0) is 22.7. The molecule has 31 heavy (non-hydrogen) atoms. The molecule has 2 amide bonds. The van der Waals surface area contributed by atoms with E-state index in [1.165, 1.54) is 44.2 Å². The van der Waals surface area contributed by atoms with E-state index >= 15 is 0 Å². The van der Waals surface area contributed by atoms with E-state index < -0.39 is 18.6 Å². The predicted octanol–water partition coefficient (Wildman–Crippen LogP) is 3.43. The molecule has 0 aliphatic carbocycles. The van der Waals surface area contributed by atoms with Crippen LogP contribution in [0, 0.1) is 6.92 Å². The van der Waals surface area contributed by atoms with Gasteiger partial charge in [-0.1, -0.05) is 0 Å². The highest BCUT2D eigenvalue weighted by atomic mass is 19.3. The minimum absolute atomic E-state index is 0.111. The maximum Gasteiger partial charge on any atom is 0.333 e. The quantitative estimate of drug-likeness (QED) is 0.744. The standard InChI is InChI=1S/C20H23F3N4O4/c1-11-8-15(25-27(11)20(22)23)18(28)24-14-9-12(10-16(30-2)17(14)31-3)19(29)26-6-4-13(21)5-7-26/h8-10,13,20H,4-7H2,1-3H3,(H,24,28). The second-order valence-corrected chi connectivity index (χ2v) is 7.07. The Bertz CT molecular complexity index is 972. The maximum atomic E-state index is 13.4. The summed E-state index contributed by atoms with van der Waals surface area (Å²) in [6.45, 7) is -0.925. The van der Waals surface area contributed by atoms with Crippen molar-refractivity contribution in [2.45, 2.75) is 32.5 Å². The first-order valence-electron chi connectivity index (χ1n) is 9.60. The van der Waals surface area contributed by atoms with Gasteiger partial charge in [0, 0.05) is 24.3 Å². The minimum atomic E-state index is -2.88. The molecule has 0 unspecified atom stereocenters. The van der Waals surface area contributed by atoms with Gasteiger partial charge in [0.2, 0.25) is 0 Å². The summed E-state index contributed by atoms with van der Waals surface area (Å²) in [4.78, 5) is 27.0. The van der Waals surface area contributed by atoms with Crippen LogP contribution < -0.4 is 14.8 Å². The molecular weight excluding hydrogens is 417 g/mol. The summed E-state index contributed by atoms with van der Waals surface area (Å²) in [7, 11) is 2.73. The Labute approximate surface area is 176 Å². The van der Waals surface area contributed by atoms with Gasteiger partial charge in [-0.05, 0) is 38.0 Å². The summed E-state index contributed by atoms with van der Waals surface area (Å²) in [6, 6.07) is 4.09. The Morgan fingerprint density at radius 3 is 2.39 bits per heavy atom. The van der Waals surface area contributed by atoms with Crippen LogP contribution in [0.3, 0.4) is 0 Å². The maximum absolute atomic E-state index is 13.4. The van der Waals surface area contributed by atoms with Crippen LogP contribution in [-0.2, 0) is 0 Å². The van der Waals surface area contributed by atoms with Crippen LogP contribution in [-0.4, -0.2) is 60.0 Å². The van der Waals surface area contributed by atoms with Crippen molar-refractivity contribution in [1.82, 2.24) is 14.7 Å². The number of nitrogens with one attached hydrogen (secondary N) is 1. The molecule has 1 aliphatic rings. The number of amides is 2. The van der Waals surface area contributed by atoms with E-state index in [1.54, 1.807) is 0 Å². The van der Waals surface area contributed by atoms with Gasteiger partial charge in [-0.25, -0.2) is 9.07 Å². The fraction of sp³-hybridized carbons (Fsp3) is 0.450. The van der Waals surface area contributed by atoms with E-state index in [4.69, 9.17) is 9.47 Å². The Hall–Kier alpha value is -3.24. The first-order chi connectivity index (χ1) is 14.7. The molecule has 1 saturated heterocycles. The van der Waals surface area contributed by atoms with E-state index in [9.17, 15) is 22.8 Å². The molecule has 0 radical (unpaired) electrons. The molecule has 1 aromatic carbocycles. The van der Waals surface area contributed by atoms with Gasteiger partial charge in [-0.15, -0.1) is 0 Å². The number of carbonyl (C=O) groups excluding carboxylic acids is 2. The number of benzene rings is 1. The molecule has 2 heterocycles. The van der Waals surface area contributed by atoms with E-state index in [-0.39, 0.29) is 66.0 Å². The Balaban J connectivity index is 1.91. The number of carbonyl (C=O) groups is 2. The van der Waals surface area contributed by atoms with E-state index in [2.05, 4.69) is 10.4 Å². The third-order valence-corrected chi connectivity index (χ3v) is 5.03. The molecule has 1 aliphatic heterocycles. The van der Waals surface area contributed by atoms with Gasteiger partial charge in [0.25, 0.3) is 11.8 Å². The third-order valence-electron chi connectivity index (χ3n) is 5.03. The van der Waals surface area contributed by atoms with Crippen molar-refractivity contribution >= 4 is 17.5 Å². The predicted molar refractivity (Wildman–Crippen MR) is 106 cm³/mol. The molecule has 8 nitrogen and oxygen atoms in total. The number of piperidine rings is 1. The lowest BCUT2D eigenvalue weighted by atomic mass is 10.1. The van der Waals surface area contributed by atoms with Crippen LogP contribution in [0.2, 0.25) is 0 Å². The number of aryl methyl sites for hydroxylation is 1. The molecule has 11 heteroatoms. The lowest BCUT2D eigenvalue weighted by molar-refractivity contribution is 0.0539. The number of rotatable bonds is 6. The van der Waals surface area contributed by atoms with Crippen LogP contribution in [0.5, 0.6) is 11.5 Å². The Morgan fingerprint density at radius 1 is 1.16 bits per heavy atom. The second-order valence-electron chi connectivity index (χ2n) is 7.07. The first-order valence-corrected chi connectivity index (χ1v) is 9.60. The normalized spacial score (nSPS) is 14.6. The average molecular weight is 440 g/mol. The zero-order valence-corrected chi connectivity index (χ0v) is 17.3. The van der Waals surface area contributed by atoms with Crippen molar-refractivity contribution in [3.05, 3.63) is 35.2 Å². The smallest absolute Gasteiger partial charge is 0.333 e. The molecule has 1 aromatic heterocycles.